The van der Waals surface area contributed by atoms with Gasteiger partial charge in [-0.2, -0.15) is 0 Å². The first-order chi connectivity index (χ1) is 7.83. The lowest BCUT2D eigenvalue weighted by molar-refractivity contribution is 0.481. The van der Waals surface area contributed by atoms with Gasteiger partial charge in [-0.3, -0.25) is 0 Å². The fraction of sp³-hybridized carbons (Fsp3) is 0.143. The fourth-order valence-electron chi connectivity index (χ4n) is 1.57. The van der Waals surface area contributed by atoms with Crippen molar-refractivity contribution in [3.05, 3.63) is 36.4 Å². The Labute approximate surface area is 99.5 Å². The van der Waals surface area contributed by atoms with E-state index >= 15 is 0 Å². The van der Waals surface area contributed by atoms with Gasteiger partial charge in [0, 0.05) is 10.3 Å². The first kappa shape index (κ1) is 10.9. The molecule has 0 atom stereocenters. The number of rotatable bonds is 2. The Morgan fingerprint density at radius 1 is 1.12 bits per heavy atom. The second kappa shape index (κ2) is 4.96. The lowest BCUT2D eigenvalue weighted by atomic mass is 10.1. The summed E-state index contributed by atoms with van der Waals surface area (Å²) in [5, 5.41) is 11.7. The van der Waals surface area contributed by atoms with Crippen molar-refractivity contribution in [3.8, 4) is 17.6 Å². The lowest BCUT2D eigenvalue weighted by Gasteiger charge is -2.05. The van der Waals surface area contributed by atoms with Crippen LogP contribution in [0, 0.1) is 11.8 Å². The summed E-state index contributed by atoms with van der Waals surface area (Å²) < 4.78 is 0. The molecule has 0 bridgehead atoms. The fourth-order valence-corrected chi connectivity index (χ4v) is 2.44. The zero-order valence-corrected chi connectivity index (χ0v) is 9.84. The van der Waals surface area contributed by atoms with Crippen molar-refractivity contribution >= 4 is 22.5 Å². The van der Waals surface area contributed by atoms with Crippen molar-refractivity contribution in [3.63, 3.8) is 0 Å². The molecule has 2 aromatic carbocycles. The van der Waals surface area contributed by atoms with Crippen LogP contribution >= 0.6 is 11.8 Å². The molecule has 0 fully saturated rings. The van der Waals surface area contributed by atoms with Crippen LogP contribution in [-0.4, -0.2) is 10.9 Å². The minimum Gasteiger partial charge on any atom is -0.507 e. The Morgan fingerprint density at radius 3 is 2.62 bits per heavy atom. The molecule has 0 aliphatic rings. The van der Waals surface area contributed by atoms with Gasteiger partial charge < -0.3 is 5.11 Å². The van der Waals surface area contributed by atoms with E-state index in [1.165, 1.54) is 0 Å². The largest absolute Gasteiger partial charge is 0.507 e. The maximum Gasteiger partial charge on any atom is 0.123 e. The second-order valence-electron chi connectivity index (χ2n) is 3.34. The van der Waals surface area contributed by atoms with E-state index < -0.39 is 0 Å². The third kappa shape index (κ3) is 2.15. The summed E-state index contributed by atoms with van der Waals surface area (Å²) in [6.45, 7) is 1.84. The molecule has 2 aromatic rings. The van der Waals surface area contributed by atoms with Crippen LogP contribution in [0.1, 0.15) is 6.92 Å². The number of hydrogen-bond acceptors (Lipinski definition) is 2. The van der Waals surface area contributed by atoms with Crippen LogP contribution in [0.5, 0.6) is 5.75 Å². The minimum atomic E-state index is 0.335. The van der Waals surface area contributed by atoms with Gasteiger partial charge in [0.25, 0.3) is 0 Å². The predicted molar refractivity (Wildman–Crippen MR) is 69.8 cm³/mol. The summed E-state index contributed by atoms with van der Waals surface area (Å²) in [7, 11) is 0. The molecule has 0 spiro atoms. The SMILES string of the molecule is CC#CCSc1ccc(O)c2ccccc12. The molecule has 16 heavy (non-hydrogen) atoms. The van der Waals surface area contributed by atoms with E-state index in [1.54, 1.807) is 17.8 Å². The molecule has 0 aliphatic carbocycles. The molecule has 0 saturated heterocycles. The molecular weight excluding hydrogens is 216 g/mol. The van der Waals surface area contributed by atoms with Gasteiger partial charge in [-0.25, -0.2) is 0 Å². The summed E-state index contributed by atoms with van der Waals surface area (Å²) in [6, 6.07) is 11.6. The molecule has 0 unspecified atom stereocenters. The molecule has 2 rings (SSSR count). The number of thioether (sulfide) groups is 1. The zero-order chi connectivity index (χ0) is 11.4. The van der Waals surface area contributed by atoms with Crippen LogP contribution in [-0.2, 0) is 0 Å². The van der Waals surface area contributed by atoms with Crippen molar-refractivity contribution in [2.75, 3.05) is 5.75 Å². The average molecular weight is 228 g/mol. The maximum atomic E-state index is 9.73. The lowest BCUT2D eigenvalue weighted by Crippen LogP contribution is -1.80. The van der Waals surface area contributed by atoms with Gasteiger partial charge in [-0.15, -0.1) is 17.7 Å². The Bertz CT molecular complexity index is 564. The third-order valence-electron chi connectivity index (χ3n) is 2.34. The number of benzene rings is 2. The van der Waals surface area contributed by atoms with E-state index in [0.717, 1.165) is 21.4 Å². The number of phenolic OH excluding ortho intramolecular Hbond substituents is 1. The van der Waals surface area contributed by atoms with Gasteiger partial charge in [0.05, 0.1) is 5.75 Å². The number of hydrogen-bond donors (Lipinski definition) is 1. The Balaban J connectivity index is 2.44. The van der Waals surface area contributed by atoms with Crippen molar-refractivity contribution in [1.82, 2.24) is 0 Å². The van der Waals surface area contributed by atoms with E-state index in [-0.39, 0.29) is 0 Å². The molecule has 80 valence electrons. The predicted octanol–water partition coefficient (Wildman–Crippen LogP) is 3.66. The highest BCUT2D eigenvalue weighted by Crippen LogP contribution is 2.32. The molecule has 0 saturated carbocycles. The number of phenols is 1. The highest BCUT2D eigenvalue weighted by atomic mass is 32.2. The van der Waals surface area contributed by atoms with E-state index in [2.05, 4.69) is 11.8 Å². The van der Waals surface area contributed by atoms with Gasteiger partial charge in [0.1, 0.15) is 5.75 Å². The molecule has 0 aliphatic heterocycles. The molecular formula is C14H12OS. The third-order valence-corrected chi connectivity index (χ3v) is 3.29. The van der Waals surface area contributed by atoms with Crippen LogP contribution in [0.2, 0.25) is 0 Å². The molecule has 2 heteroatoms. The summed E-state index contributed by atoms with van der Waals surface area (Å²) in [4.78, 5) is 1.16. The molecule has 0 heterocycles. The van der Waals surface area contributed by atoms with Crippen molar-refractivity contribution in [2.24, 2.45) is 0 Å². The van der Waals surface area contributed by atoms with Gasteiger partial charge >= 0.3 is 0 Å². The van der Waals surface area contributed by atoms with Crippen LogP contribution in [0.25, 0.3) is 10.8 Å². The second-order valence-corrected chi connectivity index (χ2v) is 4.36. The molecule has 0 amide bonds. The normalized spacial score (nSPS) is 9.81. The monoisotopic (exact) mass is 228 g/mol. The van der Waals surface area contributed by atoms with Crippen LogP contribution < -0.4 is 0 Å². The first-order valence-corrected chi connectivity index (χ1v) is 6.04. The van der Waals surface area contributed by atoms with Crippen LogP contribution in [0.4, 0.5) is 0 Å². The maximum absolute atomic E-state index is 9.73. The molecule has 1 nitrogen and oxygen atoms in total. The van der Waals surface area contributed by atoms with Gasteiger partial charge in [-0.1, -0.05) is 30.2 Å². The Morgan fingerprint density at radius 2 is 1.88 bits per heavy atom. The average Bonchev–Trinajstić information content (AvgIpc) is 2.33. The summed E-state index contributed by atoms with van der Waals surface area (Å²) in [5.74, 6) is 7.02. The first-order valence-electron chi connectivity index (χ1n) is 5.06. The smallest absolute Gasteiger partial charge is 0.123 e. The summed E-state index contributed by atoms with van der Waals surface area (Å²) >= 11 is 1.70. The highest BCUT2D eigenvalue weighted by Gasteiger charge is 2.03. The van der Waals surface area contributed by atoms with E-state index in [0.29, 0.717) is 5.75 Å². The van der Waals surface area contributed by atoms with E-state index in [9.17, 15) is 5.11 Å². The van der Waals surface area contributed by atoms with Crippen molar-refractivity contribution in [2.45, 2.75) is 11.8 Å². The van der Waals surface area contributed by atoms with Crippen LogP contribution in [0.3, 0.4) is 0 Å². The van der Waals surface area contributed by atoms with E-state index in [1.807, 2.05) is 37.3 Å². The van der Waals surface area contributed by atoms with Crippen molar-refractivity contribution in [1.29, 1.82) is 0 Å². The zero-order valence-electron chi connectivity index (χ0n) is 9.03. The molecule has 1 N–H and O–H groups in total. The molecule has 0 radical (unpaired) electrons. The highest BCUT2D eigenvalue weighted by molar-refractivity contribution is 7.99. The van der Waals surface area contributed by atoms with Crippen LogP contribution in [0.15, 0.2) is 41.3 Å². The van der Waals surface area contributed by atoms with Gasteiger partial charge in [-0.05, 0) is 24.4 Å². The Hall–Kier alpha value is -1.59. The number of fused-ring (bicyclic) bond motifs is 1. The van der Waals surface area contributed by atoms with Gasteiger partial charge in [0.2, 0.25) is 0 Å². The van der Waals surface area contributed by atoms with Crippen molar-refractivity contribution < 1.29 is 5.11 Å². The Kier molecular flexibility index (Phi) is 3.38. The summed E-state index contributed by atoms with van der Waals surface area (Å²) in [6.07, 6.45) is 0. The molecule has 0 aromatic heterocycles. The van der Waals surface area contributed by atoms with E-state index in [4.69, 9.17) is 0 Å². The topological polar surface area (TPSA) is 20.2 Å². The standard InChI is InChI=1S/C14H12OS/c1-2-3-10-16-14-9-8-13(15)11-6-4-5-7-12(11)14/h4-9,15H,10H2,1H3. The quantitative estimate of drug-likeness (QED) is 0.625. The summed E-state index contributed by atoms with van der Waals surface area (Å²) in [5.41, 5.74) is 0. The minimum absolute atomic E-state index is 0.335. The number of aromatic hydroxyl groups is 1. The van der Waals surface area contributed by atoms with Gasteiger partial charge in [0.15, 0.2) is 0 Å².